The van der Waals surface area contributed by atoms with Gasteiger partial charge in [-0.25, -0.2) is 21.4 Å². The maximum absolute atomic E-state index is 9.12. The van der Waals surface area contributed by atoms with E-state index in [1.54, 1.807) is 0 Å². The van der Waals surface area contributed by atoms with E-state index in [4.69, 9.17) is 16.8 Å². The van der Waals surface area contributed by atoms with Crippen molar-refractivity contribution in [2.75, 3.05) is 31.2 Å². The van der Waals surface area contributed by atoms with Crippen molar-refractivity contribution in [2.24, 2.45) is 7.05 Å². The molecule has 8 heteroatoms. The van der Waals surface area contributed by atoms with Gasteiger partial charge in [0.25, 0.3) is 6.67 Å². The van der Waals surface area contributed by atoms with Gasteiger partial charge in [0.15, 0.2) is 0 Å². The van der Waals surface area contributed by atoms with Crippen LogP contribution in [0.5, 0.6) is 0 Å². The second kappa shape index (κ2) is 9.40. The van der Waals surface area contributed by atoms with Gasteiger partial charge in [-0.1, -0.05) is 13.8 Å². The molecule has 0 aliphatic carbocycles. The summed E-state index contributed by atoms with van der Waals surface area (Å²) in [5.41, 5.74) is 6.52. The molecule has 1 aliphatic rings. The van der Waals surface area contributed by atoms with Crippen LogP contribution in [0.4, 0.5) is 5.82 Å². The lowest BCUT2D eigenvalue weighted by molar-refractivity contribution is 0.207. The Labute approximate surface area is 205 Å². The summed E-state index contributed by atoms with van der Waals surface area (Å²) in [6.45, 7) is 14.0. The van der Waals surface area contributed by atoms with Crippen LogP contribution in [0.25, 0.3) is 38.2 Å². The van der Waals surface area contributed by atoms with Crippen molar-refractivity contribution in [3.63, 3.8) is 0 Å². The van der Waals surface area contributed by atoms with Crippen LogP contribution in [0.3, 0.4) is 0 Å². The number of hydrogen-bond acceptors (Lipinski definition) is 5. The molecule has 5 rings (SSSR count). The quantitative estimate of drug-likeness (QED) is 0.323. The van der Waals surface area contributed by atoms with Gasteiger partial charge in [-0.05, 0) is 43.0 Å². The van der Waals surface area contributed by atoms with Gasteiger partial charge in [-0.3, -0.25) is 4.85 Å². The molecule has 178 valence electrons. The van der Waals surface area contributed by atoms with Crippen LogP contribution >= 0.6 is 0 Å². The Morgan fingerprint density at radius 3 is 2.80 bits per heavy atom. The van der Waals surface area contributed by atoms with Gasteiger partial charge in [-0.2, -0.15) is 5.26 Å². The van der Waals surface area contributed by atoms with E-state index in [0.29, 0.717) is 12.5 Å². The minimum Gasteiger partial charge on any atom is -0.356 e. The monoisotopic (exact) mass is 466 g/mol. The molecule has 1 aliphatic heterocycles. The molecular formula is C27H30N8. The number of rotatable bonds is 6. The normalized spacial score (nSPS) is 14.8. The Hall–Kier alpha value is -3.88. The zero-order valence-electron chi connectivity index (χ0n) is 20.5. The molecule has 0 unspecified atom stereocenters. The number of piperidine rings is 1. The van der Waals surface area contributed by atoms with E-state index < -0.39 is 0 Å². The molecule has 0 aromatic carbocycles. The average molecular weight is 467 g/mol. The molecule has 0 bridgehead atoms. The lowest BCUT2D eigenvalue weighted by atomic mass is 9.98. The van der Waals surface area contributed by atoms with Crippen molar-refractivity contribution in [2.45, 2.75) is 38.6 Å². The van der Waals surface area contributed by atoms with Crippen LogP contribution < -0.4 is 4.90 Å². The topological polar surface area (TPSA) is 81.1 Å². The Morgan fingerprint density at radius 2 is 2.09 bits per heavy atom. The highest BCUT2D eigenvalue weighted by atomic mass is 15.3. The minimum absolute atomic E-state index is 0.272. The van der Waals surface area contributed by atoms with Crippen LogP contribution in [-0.4, -0.2) is 56.8 Å². The maximum atomic E-state index is 9.12. The molecule has 5 heterocycles. The number of fused-ring (bicyclic) bond motifs is 2. The van der Waals surface area contributed by atoms with Gasteiger partial charge >= 0.3 is 0 Å². The summed E-state index contributed by atoms with van der Waals surface area (Å²) < 4.78 is 2.08. The van der Waals surface area contributed by atoms with Crippen molar-refractivity contribution in [1.29, 1.82) is 5.26 Å². The Balaban J connectivity index is 1.48. The highest BCUT2D eigenvalue weighted by Crippen LogP contribution is 2.39. The molecule has 1 N–H and O–H groups in total. The first kappa shape index (κ1) is 22.9. The third kappa shape index (κ3) is 4.11. The van der Waals surface area contributed by atoms with Crippen molar-refractivity contribution in [3.05, 3.63) is 53.6 Å². The fourth-order valence-corrected chi connectivity index (χ4v) is 5.37. The lowest BCUT2D eigenvalue weighted by Gasteiger charge is -2.36. The molecular weight excluding hydrogens is 436 g/mol. The van der Waals surface area contributed by atoms with Gasteiger partial charge in [0.1, 0.15) is 11.5 Å². The SMILES string of the molecule is [C-]#[N+]CN(CC#N)C1CCN(c2ccc3[nH]c(-c4cn(C)c5ncccc45)c(C(C)C)c3n2)CC1. The molecule has 1 saturated heterocycles. The molecule has 4 aromatic rings. The molecule has 1 fully saturated rings. The highest BCUT2D eigenvalue weighted by Gasteiger charge is 2.27. The van der Waals surface area contributed by atoms with Gasteiger partial charge in [0, 0.05) is 55.1 Å². The summed E-state index contributed by atoms with van der Waals surface area (Å²) in [6.07, 6.45) is 5.83. The fourth-order valence-electron chi connectivity index (χ4n) is 5.37. The number of aromatic nitrogens is 4. The first-order valence-electron chi connectivity index (χ1n) is 12.1. The van der Waals surface area contributed by atoms with Crippen molar-refractivity contribution >= 4 is 27.9 Å². The minimum atomic E-state index is 0.272. The fraction of sp³-hybridized carbons (Fsp3) is 0.407. The van der Waals surface area contributed by atoms with Crippen molar-refractivity contribution in [1.82, 2.24) is 24.4 Å². The molecule has 0 amide bonds. The zero-order valence-corrected chi connectivity index (χ0v) is 20.5. The zero-order chi connectivity index (χ0) is 24.5. The van der Waals surface area contributed by atoms with Crippen LogP contribution in [-0.2, 0) is 7.05 Å². The Morgan fingerprint density at radius 1 is 1.29 bits per heavy atom. The first-order chi connectivity index (χ1) is 17.0. The van der Waals surface area contributed by atoms with Crippen LogP contribution in [0.15, 0.2) is 36.7 Å². The number of H-pyrrole nitrogens is 1. The molecule has 35 heavy (non-hydrogen) atoms. The van der Waals surface area contributed by atoms with E-state index in [9.17, 15) is 0 Å². The summed E-state index contributed by atoms with van der Waals surface area (Å²) in [5, 5.41) is 10.2. The number of aromatic amines is 1. The van der Waals surface area contributed by atoms with E-state index in [1.807, 2.05) is 24.2 Å². The van der Waals surface area contributed by atoms with E-state index in [1.165, 1.54) is 5.56 Å². The number of nitrogens with one attached hydrogen (secondary N) is 1. The highest BCUT2D eigenvalue weighted by molar-refractivity contribution is 5.98. The van der Waals surface area contributed by atoms with E-state index >= 15 is 0 Å². The number of aryl methyl sites for hydroxylation is 1. The Kier molecular flexibility index (Phi) is 6.15. The molecule has 0 spiro atoms. The summed E-state index contributed by atoms with van der Waals surface area (Å²) in [6, 6.07) is 10.8. The summed E-state index contributed by atoms with van der Waals surface area (Å²) in [7, 11) is 2.03. The van der Waals surface area contributed by atoms with Gasteiger partial charge in [0.05, 0.1) is 29.3 Å². The van der Waals surface area contributed by atoms with E-state index in [2.05, 4.69) is 68.6 Å². The molecule has 0 radical (unpaired) electrons. The van der Waals surface area contributed by atoms with Crippen LogP contribution in [0, 0.1) is 17.9 Å². The van der Waals surface area contributed by atoms with E-state index in [0.717, 1.165) is 65.1 Å². The standard InChI is InChI=1S/C27H30N8/c1-18(2)24-25(21-16-33(4)27-20(21)6-5-12-30-27)31-22-7-8-23(32-26(22)24)34-13-9-19(10-14-34)35(15-11-28)17-29-3/h5-8,12,16,18-19,31H,9-10,13-15,17H2,1-2,4H3. The number of nitriles is 1. The molecule has 4 aromatic heterocycles. The summed E-state index contributed by atoms with van der Waals surface area (Å²) >= 11 is 0. The number of nitrogens with zero attached hydrogens (tertiary/aromatic N) is 7. The molecule has 0 saturated carbocycles. The van der Waals surface area contributed by atoms with Gasteiger partial charge in [0.2, 0.25) is 0 Å². The number of pyridine rings is 2. The third-order valence-corrected chi connectivity index (χ3v) is 7.08. The number of hydrogen-bond donors (Lipinski definition) is 1. The van der Waals surface area contributed by atoms with Crippen molar-refractivity contribution in [3.8, 4) is 17.3 Å². The Bertz CT molecular complexity index is 1420. The van der Waals surface area contributed by atoms with Crippen LogP contribution in [0.1, 0.15) is 38.2 Å². The van der Waals surface area contributed by atoms with Gasteiger partial charge < -0.3 is 14.5 Å². The summed E-state index contributed by atoms with van der Waals surface area (Å²) in [5.74, 6) is 1.28. The smallest absolute Gasteiger partial charge is 0.271 e. The average Bonchev–Trinajstić information content (AvgIpc) is 3.41. The van der Waals surface area contributed by atoms with Gasteiger partial charge in [-0.15, -0.1) is 0 Å². The van der Waals surface area contributed by atoms with E-state index in [-0.39, 0.29) is 12.7 Å². The second-order valence-corrected chi connectivity index (χ2v) is 9.58. The van der Waals surface area contributed by atoms with Crippen molar-refractivity contribution < 1.29 is 0 Å². The largest absolute Gasteiger partial charge is 0.356 e. The van der Waals surface area contributed by atoms with Crippen LogP contribution in [0.2, 0.25) is 0 Å². The molecule has 8 nitrogen and oxygen atoms in total. The predicted octanol–water partition coefficient (Wildman–Crippen LogP) is 4.91. The predicted molar refractivity (Wildman–Crippen MR) is 139 cm³/mol. The lowest BCUT2D eigenvalue weighted by Crippen LogP contribution is -2.45. The maximum Gasteiger partial charge on any atom is 0.271 e. The summed E-state index contributed by atoms with van der Waals surface area (Å²) in [4.78, 5) is 21.2. The first-order valence-corrected chi connectivity index (χ1v) is 12.1. The molecule has 0 atom stereocenters. The number of anilines is 1. The second-order valence-electron chi connectivity index (χ2n) is 9.58. The third-order valence-electron chi connectivity index (χ3n) is 7.08.